The molecular weight excluding hydrogens is 284 g/mol. The minimum absolute atomic E-state index is 0.00580. The number of nitrogens with one attached hydrogen (secondary N) is 2. The van der Waals surface area contributed by atoms with Gasteiger partial charge < -0.3 is 5.32 Å². The summed E-state index contributed by atoms with van der Waals surface area (Å²) in [6.45, 7) is 0.547. The predicted octanol–water partition coefficient (Wildman–Crippen LogP) is -0.329. The second-order valence-corrected chi connectivity index (χ2v) is 4.55. The predicted molar refractivity (Wildman–Crippen MR) is 79.5 cm³/mol. The molecule has 4 N–H and O–H groups in total. The molecular formula is C13H14N8O. The van der Waals surface area contributed by atoms with Crippen LogP contribution in [0.3, 0.4) is 0 Å². The molecule has 9 nitrogen and oxygen atoms in total. The molecule has 3 aromatic rings. The van der Waals surface area contributed by atoms with Crippen molar-refractivity contribution in [3.8, 4) is 0 Å². The van der Waals surface area contributed by atoms with Crippen molar-refractivity contribution in [2.45, 2.75) is 6.54 Å². The average Bonchev–Trinajstić information content (AvgIpc) is 2.97. The van der Waals surface area contributed by atoms with Gasteiger partial charge in [-0.25, -0.2) is 20.5 Å². The van der Waals surface area contributed by atoms with Crippen LogP contribution in [0, 0.1) is 0 Å². The Morgan fingerprint density at radius 1 is 1.23 bits per heavy atom. The highest BCUT2D eigenvalue weighted by molar-refractivity contribution is 5.85. The number of carbonyl (C=O) groups is 1. The lowest BCUT2D eigenvalue weighted by molar-refractivity contribution is -0.119. The molecule has 0 unspecified atom stereocenters. The molecule has 1 aromatic carbocycles. The summed E-state index contributed by atoms with van der Waals surface area (Å²) >= 11 is 0. The van der Waals surface area contributed by atoms with Crippen LogP contribution in [0.4, 0.5) is 5.82 Å². The summed E-state index contributed by atoms with van der Waals surface area (Å²) in [4.78, 5) is 19.5. The third kappa shape index (κ3) is 2.83. The Morgan fingerprint density at radius 3 is 2.82 bits per heavy atom. The zero-order valence-electron chi connectivity index (χ0n) is 11.6. The topological polar surface area (TPSA) is 124 Å². The molecule has 0 radical (unpaired) electrons. The Balaban J connectivity index is 1.87. The molecule has 0 aliphatic carbocycles. The van der Waals surface area contributed by atoms with E-state index < -0.39 is 0 Å². The largest absolute Gasteiger partial charge is 0.359 e. The molecule has 0 aliphatic rings. The van der Waals surface area contributed by atoms with Gasteiger partial charge in [0.25, 0.3) is 5.91 Å². The molecule has 112 valence electrons. The Labute approximate surface area is 125 Å². The van der Waals surface area contributed by atoms with Crippen molar-refractivity contribution in [3.05, 3.63) is 42.2 Å². The van der Waals surface area contributed by atoms with Crippen molar-refractivity contribution in [1.82, 2.24) is 30.4 Å². The number of carbonyl (C=O) groups excluding carboxylic acids is 1. The molecule has 0 bridgehead atoms. The van der Waals surface area contributed by atoms with E-state index in [1.54, 1.807) is 4.68 Å². The summed E-state index contributed by atoms with van der Waals surface area (Å²) in [5, 5.41) is 11.0. The number of hydrogen-bond acceptors (Lipinski definition) is 7. The van der Waals surface area contributed by atoms with Gasteiger partial charge in [-0.05, 0) is 5.56 Å². The van der Waals surface area contributed by atoms with E-state index in [0.717, 1.165) is 5.56 Å². The van der Waals surface area contributed by atoms with Gasteiger partial charge in [-0.3, -0.25) is 10.2 Å². The van der Waals surface area contributed by atoms with E-state index in [4.69, 9.17) is 5.84 Å². The maximum Gasteiger partial charge on any atom is 0.253 e. The van der Waals surface area contributed by atoms with Crippen LogP contribution >= 0.6 is 0 Å². The molecule has 0 atom stereocenters. The molecule has 2 heterocycles. The quantitative estimate of drug-likeness (QED) is 0.335. The van der Waals surface area contributed by atoms with Gasteiger partial charge in [-0.1, -0.05) is 35.5 Å². The highest BCUT2D eigenvalue weighted by Crippen LogP contribution is 2.16. The lowest BCUT2D eigenvalue weighted by atomic mass is 10.2. The van der Waals surface area contributed by atoms with Crippen molar-refractivity contribution in [2.75, 3.05) is 11.9 Å². The summed E-state index contributed by atoms with van der Waals surface area (Å²) in [6, 6.07) is 9.87. The van der Waals surface area contributed by atoms with E-state index in [0.29, 0.717) is 23.5 Å². The average molecular weight is 298 g/mol. The number of hydrogen-bond donors (Lipinski definition) is 3. The van der Waals surface area contributed by atoms with Gasteiger partial charge in [0.1, 0.15) is 6.33 Å². The summed E-state index contributed by atoms with van der Waals surface area (Å²) in [5.74, 6) is 5.11. The van der Waals surface area contributed by atoms with E-state index in [1.165, 1.54) is 6.33 Å². The molecule has 3 rings (SSSR count). The fourth-order valence-corrected chi connectivity index (χ4v) is 2.00. The molecule has 0 aliphatic heterocycles. The number of nitrogens with zero attached hydrogens (tertiary/aromatic N) is 5. The van der Waals surface area contributed by atoms with Crippen LogP contribution in [0.25, 0.3) is 11.2 Å². The lowest BCUT2D eigenvalue weighted by Gasteiger charge is -2.05. The van der Waals surface area contributed by atoms with Crippen molar-refractivity contribution in [1.29, 1.82) is 0 Å². The van der Waals surface area contributed by atoms with Gasteiger partial charge in [-0.2, -0.15) is 0 Å². The van der Waals surface area contributed by atoms with E-state index in [9.17, 15) is 4.79 Å². The molecule has 1 amide bonds. The molecule has 0 fully saturated rings. The Hall–Kier alpha value is -3.07. The fraction of sp³-hybridized carbons (Fsp3) is 0.154. The van der Waals surface area contributed by atoms with E-state index in [1.807, 2.05) is 35.8 Å². The number of nitrogens with two attached hydrogens (primary N) is 1. The second-order valence-electron chi connectivity index (χ2n) is 4.55. The van der Waals surface area contributed by atoms with Crippen molar-refractivity contribution >= 4 is 22.9 Å². The van der Waals surface area contributed by atoms with Crippen LogP contribution < -0.4 is 16.6 Å². The monoisotopic (exact) mass is 298 g/mol. The number of benzene rings is 1. The maximum absolute atomic E-state index is 11.2. The van der Waals surface area contributed by atoms with Crippen LogP contribution in [0.5, 0.6) is 0 Å². The zero-order valence-corrected chi connectivity index (χ0v) is 11.6. The normalized spacial score (nSPS) is 10.6. The number of aromatic nitrogens is 5. The molecule has 0 saturated heterocycles. The fourth-order valence-electron chi connectivity index (χ4n) is 2.00. The first-order valence-corrected chi connectivity index (χ1v) is 6.59. The van der Waals surface area contributed by atoms with Crippen LogP contribution in [-0.4, -0.2) is 37.4 Å². The summed E-state index contributed by atoms with van der Waals surface area (Å²) < 4.78 is 1.68. The highest BCUT2D eigenvalue weighted by atomic mass is 16.2. The minimum Gasteiger partial charge on any atom is -0.359 e. The first kappa shape index (κ1) is 13.9. The zero-order chi connectivity index (χ0) is 15.4. The van der Waals surface area contributed by atoms with Gasteiger partial charge in [0.05, 0.1) is 13.1 Å². The smallest absolute Gasteiger partial charge is 0.253 e. The van der Waals surface area contributed by atoms with E-state index in [2.05, 4.69) is 25.6 Å². The van der Waals surface area contributed by atoms with Crippen LogP contribution in [0.15, 0.2) is 36.7 Å². The lowest BCUT2D eigenvalue weighted by Crippen LogP contribution is -2.35. The molecule has 9 heteroatoms. The molecule has 2 aromatic heterocycles. The number of anilines is 1. The van der Waals surface area contributed by atoms with Crippen LogP contribution in [-0.2, 0) is 11.3 Å². The first-order valence-electron chi connectivity index (χ1n) is 6.59. The standard InChI is InChI=1S/C13H14N8O/c14-18-10(22)6-15-12-11-13(17-8-16-12)21(20-19-11)7-9-4-2-1-3-5-9/h1-5,8H,6-7,14H2,(H,18,22)(H,15,16,17). The summed E-state index contributed by atoms with van der Waals surface area (Å²) in [7, 11) is 0. The van der Waals surface area contributed by atoms with Gasteiger partial charge >= 0.3 is 0 Å². The molecule has 0 saturated carbocycles. The number of fused-ring (bicyclic) bond motifs is 1. The van der Waals surface area contributed by atoms with Crippen LogP contribution in [0.2, 0.25) is 0 Å². The van der Waals surface area contributed by atoms with Crippen molar-refractivity contribution < 1.29 is 4.79 Å². The Bertz CT molecular complexity index is 785. The first-order chi connectivity index (χ1) is 10.8. The van der Waals surface area contributed by atoms with Gasteiger partial charge in [-0.15, -0.1) is 5.10 Å². The van der Waals surface area contributed by atoms with Gasteiger partial charge in [0.15, 0.2) is 17.0 Å². The molecule has 22 heavy (non-hydrogen) atoms. The number of rotatable bonds is 5. The van der Waals surface area contributed by atoms with Gasteiger partial charge in [0, 0.05) is 0 Å². The maximum atomic E-state index is 11.2. The highest BCUT2D eigenvalue weighted by Gasteiger charge is 2.12. The SMILES string of the molecule is NNC(=O)CNc1ncnc2c1nnn2Cc1ccccc1. The Kier molecular flexibility index (Phi) is 3.88. The van der Waals surface area contributed by atoms with Crippen molar-refractivity contribution in [3.63, 3.8) is 0 Å². The van der Waals surface area contributed by atoms with Gasteiger partial charge in [0.2, 0.25) is 0 Å². The van der Waals surface area contributed by atoms with Crippen LogP contribution in [0.1, 0.15) is 5.56 Å². The second kappa shape index (κ2) is 6.14. The van der Waals surface area contributed by atoms with Crippen molar-refractivity contribution in [2.24, 2.45) is 5.84 Å². The minimum atomic E-state index is -0.358. The number of hydrazine groups is 1. The van der Waals surface area contributed by atoms with E-state index >= 15 is 0 Å². The summed E-state index contributed by atoms with van der Waals surface area (Å²) in [6.07, 6.45) is 1.40. The third-order valence-corrected chi connectivity index (χ3v) is 3.05. The number of amides is 1. The summed E-state index contributed by atoms with van der Waals surface area (Å²) in [5.41, 5.74) is 4.22. The Morgan fingerprint density at radius 2 is 2.05 bits per heavy atom. The third-order valence-electron chi connectivity index (χ3n) is 3.05. The van der Waals surface area contributed by atoms with E-state index in [-0.39, 0.29) is 12.5 Å². The molecule has 0 spiro atoms.